The highest BCUT2D eigenvalue weighted by Gasteiger charge is 2.18. The third-order valence-electron chi connectivity index (χ3n) is 5.61. The number of rotatable bonds is 4. The largest absolute Gasteiger partial charge is 0.489 e. The van der Waals surface area contributed by atoms with Crippen LogP contribution in [0.5, 0.6) is 5.75 Å². The van der Waals surface area contributed by atoms with Crippen molar-refractivity contribution in [1.29, 1.82) is 0 Å². The quantitative estimate of drug-likeness (QED) is 0.702. The van der Waals surface area contributed by atoms with Crippen LogP contribution in [0.4, 0.5) is 0 Å². The molecule has 5 rings (SSSR count). The van der Waals surface area contributed by atoms with Gasteiger partial charge in [0.25, 0.3) is 0 Å². The first-order valence-electron chi connectivity index (χ1n) is 10.2. The van der Waals surface area contributed by atoms with Gasteiger partial charge in [0.2, 0.25) is 0 Å². The molecule has 1 N–H and O–H groups in total. The van der Waals surface area contributed by atoms with Crippen LogP contribution in [-0.4, -0.2) is 40.6 Å². The Morgan fingerprint density at radius 2 is 2.17 bits per heavy atom. The number of ether oxygens (including phenoxy) is 2. The van der Waals surface area contributed by atoms with Crippen LogP contribution in [0.2, 0.25) is 0 Å². The zero-order valence-corrected chi connectivity index (χ0v) is 17.5. The highest BCUT2D eigenvalue weighted by Crippen LogP contribution is 2.30. The molecule has 0 radical (unpaired) electrons. The molecule has 0 saturated carbocycles. The molecule has 154 valence electrons. The van der Waals surface area contributed by atoms with Crippen LogP contribution in [-0.2, 0) is 17.8 Å². The Bertz CT molecular complexity index is 974. The van der Waals surface area contributed by atoms with E-state index in [9.17, 15) is 0 Å². The van der Waals surface area contributed by atoms with Gasteiger partial charge in [0, 0.05) is 25.1 Å². The number of benzene rings is 1. The van der Waals surface area contributed by atoms with E-state index in [-0.39, 0.29) is 18.5 Å². The van der Waals surface area contributed by atoms with E-state index in [0.717, 1.165) is 73.5 Å². The Kier molecular flexibility index (Phi) is 6.04. The van der Waals surface area contributed by atoms with Gasteiger partial charge in [-0.1, -0.05) is 12.1 Å². The van der Waals surface area contributed by atoms with E-state index in [1.165, 1.54) is 11.3 Å². The Labute approximate surface area is 177 Å². The monoisotopic (exact) mass is 414 g/mol. The number of nitrogens with zero attached hydrogens (tertiary/aromatic N) is 3. The minimum atomic E-state index is 0. The maximum absolute atomic E-state index is 6.12. The van der Waals surface area contributed by atoms with Crippen LogP contribution in [0.1, 0.15) is 30.5 Å². The summed E-state index contributed by atoms with van der Waals surface area (Å²) in [5.74, 6) is 0.820. The lowest BCUT2D eigenvalue weighted by Crippen LogP contribution is -2.16. The summed E-state index contributed by atoms with van der Waals surface area (Å²) in [5.41, 5.74) is 5.13. The number of pyridine rings is 1. The molecule has 1 aromatic carbocycles. The van der Waals surface area contributed by atoms with E-state index >= 15 is 0 Å². The van der Waals surface area contributed by atoms with Crippen molar-refractivity contribution in [1.82, 2.24) is 20.1 Å². The van der Waals surface area contributed by atoms with E-state index in [4.69, 9.17) is 19.6 Å². The third-order valence-corrected chi connectivity index (χ3v) is 5.61. The maximum Gasteiger partial charge on any atom is 0.145 e. The zero-order chi connectivity index (χ0) is 18.9. The van der Waals surface area contributed by atoms with Gasteiger partial charge in [-0.2, -0.15) is 5.10 Å². The summed E-state index contributed by atoms with van der Waals surface area (Å²) in [6, 6.07) is 10.4. The second-order valence-corrected chi connectivity index (χ2v) is 7.70. The molecule has 3 aromatic rings. The highest BCUT2D eigenvalue weighted by molar-refractivity contribution is 5.89. The van der Waals surface area contributed by atoms with Gasteiger partial charge in [-0.3, -0.25) is 4.68 Å². The lowest BCUT2D eigenvalue weighted by molar-refractivity contribution is 0.0684. The Balaban J connectivity index is 0.00000205. The molecule has 6 nitrogen and oxygen atoms in total. The number of halogens is 1. The van der Waals surface area contributed by atoms with Gasteiger partial charge in [0.1, 0.15) is 23.6 Å². The summed E-state index contributed by atoms with van der Waals surface area (Å²) in [6.45, 7) is 6.39. The van der Waals surface area contributed by atoms with Crippen molar-refractivity contribution in [2.24, 2.45) is 0 Å². The average molecular weight is 415 g/mol. The first-order chi connectivity index (χ1) is 13.8. The molecule has 0 aliphatic carbocycles. The van der Waals surface area contributed by atoms with Crippen molar-refractivity contribution >= 4 is 23.3 Å². The number of aryl methyl sites for hydroxylation is 2. The molecular weight excluding hydrogens is 388 g/mol. The number of para-hydroxylation sites is 1. The minimum absolute atomic E-state index is 0. The average Bonchev–Trinajstić information content (AvgIpc) is 3.32. The van der Waals surface area contributed by atoms with E-state index in [0.29, 0.717) is 6.61 Å². The van der Waals surface area contributed by atoms with Crippen LogP contribution < -0.4 is 10.1 Å². The lowest BCUT2D eigenvalue weighted by Gasteiger charge is -2.14. The van der Waals surface area contributed by atoms with E-state index < -0.39 is 0 Å². The van der Waals surface area contributed by atoms with Gasteiger partial charge in [-0.25, -0.2) is 4.98 Å². The molecule has 2 aliphatic rings. The molecular formula is C22H27ClN4O2. The highest BCUT2D eigenvalue weighted by atomic mass is 35.5. The number of hydrogen-bond acceptors (Lipinski definition) is 5. The lowest BCUT2D eigenvalue weighted by atomic mass is 10.1. The van der Waals surface area contributed by atoms with Gasteiger partial charge in [-0.15, -0.1) is 12.4 Å². The summed E-state index contributed by atoms with van der Waals surface area (Å²) in [7, 11) is 0. The van der Waals surface area contributed by atoms with Gasteiger partial charge in [0.05, 0.1) is 17.5 Å². The van der Waals surface area contributed by atoms with E-state index in [1.807, 2.05) is 12.1 Å². The molecule has 1 atom stereocenters. The number of hydrogen-bond donors (Lipinski definition) is 1. The fraction of sp³-hybridized carbons (Fsp3) is 0.455. The van der Waals surface area contributed by atoms with Crippen molar-refractivity contribution in [2.75, 3.05) is 19.8 Å². The molecule has 29 heavy (non-hydrogen) atoms. The standard InChI is InChI=1S/C22H26N4O2.ClH/c1-15-11-19(20-12-16-13-23-8-4-9-26(16)25-20)24-22-18(15)6-2-7-21(22)28-14-17-5-3-10-27-17;/h2,6-7,11-12,17,23H,3-5,8-10,13-14H2,1H3;1H. The Morgan fingerprint density at radius 1 is 1.24 bits per heavy atom. The maximum atomic E-state index is 6.12. The van der Waals surface area contributed by atoms with Crippen LogP contribution in [0, 0.1) is 6.92 Å². The summed E-state index contributed by atoms with van der Waals surface area (Å²) in [6.07, 6.45) is 3.47. The fourth-order valence-corrected chi connectivity index (χ4v) is 4.08. The minimum Gasteiger partial charge on any atom is -0.489 e. The SMILES string of the molecule is Cc1cc(-c2cc3n(n2)CCCNC3)nc2c(OCC3CCCO3)cccc12.Cl. The summed E-state index contributed by atoms with van der Waals surface area (Å²) in [4.78, 5) is 4.96. The smallest absolute Gasteiger partial charge is 0.145 e. The zero-order valence-electron chi connectivity index (χ0n) is 16.7. The van der Waals surface area contributed by atoms with Crippen LogP contribution in [0.15, 0.2) is 30.3 Å². The summed E-state index contributed by atoms with van der Waals surface area (Å²) >= 11 is 0. The first kappa shape index (κ1) is 20.1. The summed E-state index contributed by atoms with van der Waals surface area (Å²) in [5, 5.41) is 9.39. The topological polar surface area (TPSA) is 61.2 Å². The van der Waals surface area contributed by atoms with Crippen LogP contribution in [0.25, 0.3) is 22.3 Å². The number of nitrogens with one attached hydrogen (secondary N) is 1. The van der Waals surface area contributed by atoms with Crippen molar-refractivity contribution in [3.05, 3.63) is 41.6 Å². The Morgan fingerprint density at radius 3 is 3.03 bits per heavy atom. The normalized spacial score (nSPS) is 18.9. The second kappa shape index (κ2) is 8.69. The fourth-order valence-electron chi connectivity index (χ4n) is 4.08. The van der Waals surface area contributed by atoms with Gasteiger partial charge < -0.3 is 14.8 Å². The summed E-state index contributed by atoms with van der Waals surface area (Å²) < 4.78 is 13.9. The molecule has 0 spiro atoms. The van der Waals surface area contributed by atoms with Gasteiger partial charge in [-0.05, 0) is 56.5 Å². The molecule has 1 unspecified atom stereocenters. The first-order valence-corrected chi connectivity index (χ1v) is 10.2. The molecule has 4 heterocycles. The van der Waals surface area contributed by atoms with Gasteiger partial charge >= 0.3 is 0 Å². The van der Waals surface area contributed by atoms with E-state index in [1.54, 1.807) is 0 Å². The van der Waals surface area contributed by atoms with Crippen molar-refractivity contribution < 1.29 is 9.47 Å². The number of fused-ring (bicyclic) bond motifs is 2. The van der Waals surface area contributed by atoms with Crippen molar-refractivity contribution in [3.63, 3.8) is 0 Å². The molecule has 2 aromatic heterocycles. The van der Waals surface area contributed by atoms with Crippen molar-refractivity contribution in [3.8, 4) is 17.1 Å². The Hall–Kier alpha value is -2.15. The van der Waals surface area contributed by atoms with Crippen LogP contribution in [0.3, 0.4) is 0 Å². The second-order valence-electron chi connectivity index (χ2n) is 7.70. The van der Waals surface area contributed by atoms with Crippen molar-refractivity contribution in [2.45, 2.75) is 45.4 Å². The predicted molar refractivity (Wildman–Crippen MR) is 116 cm³/mol. The molecule has 1 saturated heterocycles. The molecule has 2 aliphatic heterocycles. The molecule has 0 bridgehead atoms. The van der Waals surface area contributed by atoms with Gasteiger partial charge in [0.15, 0.2) is 0 Å². The third kappa shape index (κ3) is 4.10. The van der Waals surface area contributed by atoms with E-state index in [2.05, 4.69) is 35.1 Å². The molecule has 1 fully saturated rings. The molecule has 0 amide bonds. The molecule has 7 heteroatoms. The predicted octanol–water partition coefficient (Wildman–Crippen LogP) is 3.88. The van der Waals surface area contributed by atoms with Crippen LogP contribution >= 0.6 is 12.4 Å². The number of aromatic nitrogens is 3.